The lowest BCUT2D eigenvalue weighted by Crippen LogP contribution is -2.41. The van der Waals surface area contributed by atoms with Crippen molar-refractivity contribution in [2.45, 2.75) is 12.5 Å². The Hall–Kier alpha value is -2.45. The Kier molecular flexibility index (Phi) is 7.75. The van der Waals surface area contributed by atoms with Crippen LogP contribution in [0.25, 0.3) is 11.1 Å². The van der Waals surface area contributed by atoms with E-state index in [1.807, 2.05) is 36.6 Å². The maximum absolute atomic E-state index is 12.8. The summed E-state index contributed by atoms with van der Waals surface area (Å²) in [6, 6.07) is 13.0. The molecule has 27 heavy (non-hydrogen) atoms. The predicted octanol–water partition coefficient (Wildman–Crippen LogP) is 3.75. The molecule has 0 heterocycles. The minimum Gasteiger partial charge on any atom is -0.480 e. The van der Waals surface area contributed by atoms with Crippen molar-refractivity contribution in [1.82, 2.24) is 5.32 Å². The van der Waals surface area contributed by atoms with E-state index in [0.717, 1.165) is 5.56 Å². The summed E-state index contributed by atoms with van der Waals surface area (Å²) < 4.78 is 0. The van der Waals surface area contributed by atoms with Gasteiger partial charge in [-0.25, -0.2) is 4.79 Å². The molecule has 3 N–H and O–H groups in total. The van der Waals surface area contributed by atoms with Crippen LogP contribution in [0.3, 0.4) is 0 Å². The Balaban J connectivity index is 2.37. The van der Waals surface area contributed by atoms with Crippen LogP contribution >= 0.6 is 24.4 Å². The van der Waals surface area contributed by atoms with Crippen molar-refractivity contribution in [3.8, 4) is 11.1 Å². The first-order chi connectivity index (χ1) is 12.9. The van der Waals surface area contributed by atoms with Crippen molar-refractivity contribution in [1.29, 1.82) is 0 Å². The van der Waals surface area contributed by atoms with Gasteiger partial charge in [-0.1, -0.05) is 43.0 Å². The minimum atomic E-state index is -1.07. The van der Waals surface area contributed by atoms with Gasteiger partial charge in [0, 0.05) is 11.3 Å². The first-order valence-corrected chi connectivity index (χ1v) is 9.98. The quantitative estimate of drug-likeness (QED) is 0.503. The second kappa shape index (κ2) is 10.0. The fourth-order valence-electron chi connectivity index (χ4n) is 2.53. The molecule has 0 fully saturated rings. The number of nitrogens with one attached hydrogen (secondary N) is 2. The molecule has 0 saturated heterocycles. The molecule has 0 aliphatic heterocycles. The van der Waals surface area contributed by atoms with E-state index in [1.54, 1.807) is 18.2 Å². The van der Waals surface area contributed by atoms with E-state index in [2.05, 4.69) is 23.3 Å². The molecule has 0 aromatic heterocycles. The Bertz CT molecular complexity index is 828. The molecule has 142 valence electrons. The van der Waals surface area contributed by atoms with Crippen LogP contribution in [0.15, 0.2) is 48.5 Å². The third-order valence-electron chi connectivity index (χ3n) is 3.81. The first kappa shape index (κ1) is 20.9. The van der Waals surface area contributed by atoms with Gasteiger partial charge in [-0.05, 0) is 47.8 Å². The van der Waals surface area contributed by atoms with Crippen molar-refractivity contribution in [2.24, 2.45) is 0 Å². The molecule has 0 aliphatic rings. The highest BCUT2D eigenvalue weighted by atomic mass is 32.2. The van der Waals surface area contributed by atoms with Crippen LogP contribution in [0.2, 0.25) is 0 Å². The van der Waals surface area contributed by atoms with Crippen LogP contribution < -0.4 is 10.6 Å². The molecule has 0 aliphatic carbocycles. The first-order valence-electron chi connectivity index (χ1n) is 8.14. The van der Waals surface area contributed by atoms with E-state index in [1.165, 1.54) is 11.8 Å². The monoisotopic (exact) mass is 404 g/mol. The smallest absolute Gasteiger partial charge is 0.326 e. The number of carbonyl (C=O) groups is 3. The Morgan fingerprint density at radius 2 is 1.85 bits per heavy atom. The van der Waals surface area contributed by atoms with Gasteiger partial charge < -0.3 is 15.7 Å². The molecule has 0 bridgehead atoms. The molecule has 6 nitrogen and oxygen atoms in total. The Labute approximate surface area is 167 Å². The lowest BCUT2D eigenvalue weighted by Gasteiger charge is -2.17. The molecule has 0 spiro atoms. The summed E-state index contributed by atoms with van der Waals surface area (Å²) in [4.78, 5) is 35.4. The fraction of sp³-hybridized carbons (Fsp3) is 0.211. The number of carboxylic acid groups (broad SMARTS) is 1. The molecule has 1 unspecified atom stereocenters. The summed E-state index contributed by atoms with van der Waals surface area (Å²) in [5, 5.41) is 14.0. The normalized spacial score (nSPS) is 11.5. The van der Waals surface area contributed by atoms with Crippen LogP contribution in [0, 0.1) is 0 Å². The van der Waals surface area contributed by atoms with Crippen LogP contribution in [0.5, 0.6) is 0 Å². The van der Waals surface area contributed by atoms with Crippen molar-refractivity contribution < 1.29 is 19.5 Å². The van der Waals surface area contributed by atoms with Gasteiger partial charge in [0.1, 0.15) is 6.04 Å². The zero-order chi connectivity index (χ0) is 19.8. The number of carboxylic acids is 1. The molecule has 0 radical (unpaired) electrons. The van der Waals surface area contributed by atoms with E-state index in [-0.39, 0.29) is 0 Å². The third-order valence-corrected chi connectivity index (χ3v) is 4.57. The maximum atomic E-state index is 12.8. The summed E-state index contributed by atoms with van der Waals surface area (Å²) in [5.41, 5.74) is 2.17. The lowest BCUT2D eigenvalue weighted by atomic mass is 9.98. The summed E-state index contributed by atoms with van der Waals surface area (Å²) in [5.74, 6) is -0.931. The largest absolute Gasteiger partial charge is 0.480 e. The van der Waals surface area contributed by atoms with Gasteiger partial charge in [-0.15, -0.1) is 0 Å². The van der Waals surface area contributed by atoms with Crippen LogP contribution in [0.1, 0.15) is 16.8 Å². The molecule has 2 aromatic carbocycles. The SMILES string of the molecule is CSCCC(NC(=O)c1ccc(NC(=O)S)cc1-c1ccccc1)C(=O)O. The standard InChI is InChI=1S/C19H20N2O4S2/c1-27-10-9-16(18(23)24)21-17(22)14-8-7-13(20-19(25)26)11-15(14)12-5-3-2-4-6-12/h2-8,11,16H,9-10H2,1H3,(H,21,22)(H,23,24)(H2,20,25,26). The predicted molar refractivity (Wildman–Crippen MR) is 112 cm³/mol. The van der Waals surface area contributed by atoms with Gasteiger partial charge in [0.05, 0.1) is 0 Å². The number of anilines is 1. The molecule has 0 saturated carbocycles. The number of thioether (sulfide) groups is 1. The fourth-order valence-corrected chi connectivity index (χ4v) is 3.13. The number of hydrogen-bond donors (Lipinski definition) is 4. The number of carbonyl (C=O) groups excluding carboxylic acids is 2. The summed E-state index contributed by atoms with van der Waals surface area (Å²) >= 11 is 5.22. The van der Waals surface area contributed by atoms with Gasteiger partial charge in [0.2, 0.25) is 0 Å². The van der Waals surface area contributed by atoms with E-state index < -0.39 is 23.2 Å². The van der Waals surface area contributed by atoms with Crippen molar-refractivity contribution >= 4 is 47.2 Å². The molecule has 2 rings (SSSR count). The minimum absolute atomic E-state index is 0.328. The molecule has 8 heteroatoms. The van der Waals surface area contributed by atoms with E-state index in [4.69, 9.17) is 0 Å². The Morgan fingerprint density at radius 3 is 2.44 bits per heavy atom. The highest BCUT2D eigenvalue weighted by Crippen LogP contribution is 2.27. The topological polar surface area (TPSA) is 95.5 Å². The van der Waals surface area contributed by atoms with E-state index in [9.17, 15) is 19.5 Å². The van der Waals surface area contributed by atoms with E-state index >= 15 is 0 Å². The molecule has 2 aromatic rings. The maximum Gasteiger partial charge on any atom is 0.326 e. The summed E-state index contributed by atoms with van der Waals surface area (Å²) in [6.45, 7) is 0. The zero-order valence-corrected chi connectivity index (χ0v) is 16.3. The summed E-state index contributed by atoms with van der Waals surface area (Å²) in [6.07, 6.45) is 2.21. The molecule has 2 amide bonds. The van der Waals surface area contributed by atoms with Crippen molar-refractivity contribution in [3.05, 3.63) is 54.1 Å². The lowest BCUT2D eigenvalue weighted by molar-refractivity contribution is -0.139. The van der Waals surface area contributed by atoms with Gasteiger partial charge >= 0.3 is 5.97 Å². The van der Waals surface area contributed by atoms with Crippen molar-refractivity contribution in [3.63, 3.8) is 0 Å². The number of thiol groups is 1. The number of aliphatic carboxylic acids is 1. The Morgan fingerprint density at radius 1 is 1.15 bits per heavy atom. The van der Waals surface area contributed by atoms with Gasteiger partial charge in [0.25, 0.3) is 11.1 Å². The second-order valence-corrected chi connectivity index (χ2v) is 7.09. The highest BCUT2D eigenvalue weighted by Gasteiger charge is 2.22. The molecule has 1 atom stereocenters. The summed E-state index contributed by atoms with van der Waals surface area (Å²) in [7, 11) is 0. The van der Waals surface area contributed by atoms with Crippen LogP contribution in [-0.4, -0.2) is 40.3 Å². The number of hydrogen-bond acceptors (Lipinski definition) is 4. The molecular formula is C19H20N2O4S2. The number of amides is 2. The van der Waals surface area contributed by atoms with Crippen LogP contribution in [-0.2, 0) is 4.79 Å². The van der Waals surface area contributed by atoms with E-state index in [0.29, 0.717) is 29.0 Å². The van der Waals surface area contributed by atoms with Gasteiger partial charge in [-0.3, -0.25) is 9.59 Å². The highest BCUT2D eigenvalue weighted by molar-refractivity contribution is 7.98. The third kappa shape index (κ3) is 6.04. The zero-order valence-electron chi connectivity index (χ0n) is 14.6. The van der Waals surface area contributed by atoms with Crippen LogP contribution in [0.4, 0.5) is 10.5 Å². The van der Waals surface area contributed by atoms with Gasteiger partial charge in [-0.2, -0.15) is 11.8 Å². The second-order valence-electron chi connectivity index (χ2n) is 5.70. The van der Waals surface area contributed by atoms with Gasteiger partial charge in [0.15, 0.2) is 0 Å². The number of benzene rings is 2. The van der Waals surface area contributed by atoms with Crippen molar-refractivity contribution in [2.75, 3.05) is 17.3 Å². The number of rotatable bonds is 8. The molecular weight excluding hydrogens is 384 g/mol. The average molecular weight is 405 g/mol. The average Bonchev–Trinajstić information content (AvgIpc) is 2.64.